The van der Waals surface area contributed by atoms with Gasteiger partial charge in [0.25, 0.3) is 11.8 Å². The smallest absolute Gasteiger partial charge is 0.281 e. The predicted molar refractivity (Wildman–Crippen MR) is 101 cm³/mol. The Kier molecular flexibility index (Phi) is 4.06. The minimum absolute atomic E-state index is 0.0884. The van der Waals surface area contributed by atoms with E-state index in [-0.39, 0.29) is 17.8 Å². The molecule has 0 saturated heterocycles. The molecule has 4 aromatic rings. The fourth-order valence-corrected chi connectivity index (χ4v) is 2.72. The second-order valence-electron chi connectivity index (χ2n) is 5.86. The lowest BCUT2D eigenvalue weighted by Gasteiger charge is -2.05. The molecule has 8 heteroatoms. The molecule has 1 aromatic carbocycles. The van der Waals surface area contributed by atoms with Crippen LogP contribution in [0.5, 0.6) is 0 Å². The molecule has 3 aromatic heterocycles. The molecule has 0 atom stereocenters. The highest BCUT2D eigenvalue weighted by Crippen LogP contribution is 2.23. The number of H-pyrrole nitrogens is 2. The number of aromatic nitrogens is 4. The zero-order chi connectivity index (χ0) is 18.8. The standard InChI is InChI=1S/C19H16N6O2/c20-19-24-16(11-25(19)18(27)15-7-3-9-22-15)12-4-1-5-13(10-12)23-17(26)14-6-2-8-21-14/h1-11,21-22H,(H2,20,24)(H,23,26). The monoisotopic (exact) mass is 360 g/mol. The predicted octanol–water partition coefficient (Wildman–Crippen LogP) is 2.73. The first kappa shape index (κ1) is 16.4. The summed E-state index contributed by atoms with van der Waals surface area (Å²) in [5, 5.41) is 2.81. The summed E-state index contributed by atoms with van der Waals surface area (Å²) in [5.74, 6) is -0.456. The van der Waals surface area contributed by atoms with Crippen LogP contribution in [0.1, 0.15) is 21.0 Å². The largest absolute Gasteiger partial charge is 0.369 e. The van der Waals surface area contributed by atoms with Crippen molar-refractivity contribution < 1.29 is 9.59 Å². The summed E-state index contributed by atoms with van der Waals surface area (Å²) >= 11 is 0. The van der Waals surface area contributed by atoms with Gasteiger partial charge in [0.1, 0.15) is 11.4 Å². The number of nitrogens with one attached hydrogen (secondary N) is 3. The van der Waals surface area contributed by atoms with Gasteiger partial charge >= 0.3 is 0 Å². The Labute approximate surface area is 154 Å². The lowest BCUT2D eigenvalue weighted by atomic mass is 10.1. The van der Waals surface area contributed by atoms with E-state index in [1.165, 1.54) is 4.57 Å². The number of aromatic amines is 2. The van der Waals surface area contributed by atoms with Crippen molar-refractivity contribution in [2.45, 2.75) is 0 Å². The quantitative estimate of drug-likeness (QED) is 0.447. The van der Waals surface area contributed by atoms with Crippen LogP contribution in [0.3, 0.4) is 0 Å². The zero-order valence-electron chi connectivity index (χ0n) is 14.1. The Balaban J connectivity index is 1.60. The minimum atomic E-state index is -0.299. The van der Waals surface area contributed by atoms with Crippen LogP contribution in [-0.4, -0.2) is 31.3 Å². The molecule has 27 heavy (non-hydrogen) atoms. The summed E-state index contributed by atoms with van der Waals surface area (Å²) in [5.41, 5.74) is 8.65. The van der Waals surface area contributed by atoms with Gasteiger partial charge in [0.2, 0.25) is 5.95 Å². The van der Waals surface area contributed by atoms with Crippen molar-refractivity contribution >= 4 is 23.5 Å². The van der Waals surface area contributed by atoms with Crippen molar-refractivity contribution in [3.8, 4) is 11.3 Å². The number of amides is 1. The number of benzene rings is 1. The Morgan fingerprint density at radius 1 is 1.00 bits per heavy atom. The van der Waals surface area contributed by atoms with E-state index in [1.807, 2.05) is 6.07 Å². The summed E-state index contributed by atoms with van der Waals surface area (Å²) < 4.78 is 1.28. The van der Waals surface area contributed by atoms with Gasteiger partial charge in [-0.05, 0) is 36.4 Å². The average molecular weight is 360 g/mol. The Morgan fingerprint density at radius 3 is 2.44 bits per heavy atom. The van der Waals surface area contributed by atoms with Crippen LogP contribution in [0.15, 0.2) is 67.1 Å². The number of imidazole rings is 1. The number of carbonyl (C=O) groups is 2. The molecule has 0 saturated carbocycles. The third-order valence-electron chi connectivity index (χ3n) is 4.04. The molecule has 0 radical (unpaired) electrons. The third kappa shape index (κ3) is 3.23. The highest BCUT2D eigenvalue weighted by atomic mass is 16.2. The number of hydrogen-bond acceptors (Lipinski definition) is 4. The van der Waals surface area contributed by atoms with Crippen molar-refractivity contribution in [1.29, 1.82) is 0 Å². The average Bonchev–Trinajstić information content (AvgIpc) is 3.43. The van der Waals surface area contributed by atoms with Gasteiger partial charge in [0.15, 0.2) is 0 Å². The van der Waals surface area contributed by atoms with Gasteiger partial charge in [-0.25, -0.2) is 9.55 Å². The van der Waals surface area contributed by atoms with Crippen molar-refractivity contribution in [2.24, 2.45) is 0 Å². The molecule has 4 rings (SSSR count). The van der Waals surface area contributed by atoms with Gasteiger partial charge in [0, 0.05) is 29.8 Å². The molecule has 0 aliphatic heterocycles. The van der Waals surface area contributed by atoms with Crippen molar-refractivity contribution in [3.05, 3.63) is 78.5 Å². The van der Waals surface area contributed by atoms with E-state index in [9.17, 15) is 9.59 Å². The maximum atomic E-state index is 12.5. The fourth-order valence-electron chi connectivity index (χ4n) is 2.72. The molecule has 0 fully saturated rings. The van der Waals surface area contributed by atoms with Gasteiger partial charge in [-0.3, -0.25) is 9.59 Å². The lowest BCUT2D eigenvalue weighted by Crippen LogP contribution is -2.14. The van der Waals surface area contributed by atoms with Gasteiger partial charge in [-0.1, -0.05) is 12.1 Å². The van der Waals surface area contributed by atoms with Crippen molar-refractivity contribution in [2.75, 3.05) is 11.1 Å². The van der Waals surface area contributed by atoms with E-state index in [4.69, 9.17) is 5.73 Å². The second kappa shape index (κ2) is 6.68. The molecule has 8 nitrogen and oxygen atoms in total. The molecule has 0 unspecified atom stereocenters. The minimum Gasteiger partial charge on any atom is -0.369 e. The maximum Gasteiger partial charge on any atom is 0.281 e. The fraction of sp³-hybridized carbons (Fsp3) is 0. The molecule has 1 amide bonds. The van der Waals surface area contributed by atoms with Crippen LogP contribution >= 0.6 is 0 Å². The number of carbonyl (C=O) groups excluding carboxylic acids is 2. The van der Waals surface area contributed by atoms with Crippen LogP contribution in [-0.2, 0) is 0 Å². The molecule has 0 aliphatic carbocycles. The lowest BCUT2D eigenvalue weighted by molar-refractivity contribution is 0.0957. The molecule has 0 spiro atoms. The van der Waals surface area contributed by atoms with Crippen LogP contribution in [0, 0.1) is 0 Å². The molecule has 134 valence electrons. The van der Waals surface area contributed by atoms with Gasteiger partial charge < -0.3 is 21.0 Å². The Morgan fingerprint density at radius 2 is 1.74 bits per heavy atom. The molecule has 0 bridgehead atoms. The maximum absolute atomic E-state index is 12.5. The summed E-state index contributed by atoms with van der Waals surface area (Å²) in [4.78, 5) is 34.6. The van der Waals surface area contributed by atoms with Gasteiger partial charge in [-0.15, -0.1) is 0 Å². The van der Waals surface area contributed by atoms with E-state index in [0.29, 0.717) is 22.8 Å². The van der Waals surface area contributed by atoms with Crippen LogP contribution in [0.25, 0.3) is 11.3 Å². The van der Waals surface area contributed by atoms with Gasteiger partial charge in [-0.2, -0.15) is 0 Å². The number of rotatable bonds is 4. The molecular formula is C19H16N6O2. The second-order valence-corrected chi connectivity index (χ2v) is 5.86. The molecule has 5 N–H and O–H groups in total. The summed E-state index contributed by atoms with van der Waals surface area (Å²) in [6.07, 6.45) is 4.92. The number of hydrogen-bond donors (Lipinski definition) is 4. The highest BCUT2D eigenvalue weighted by Gasteiger charge is 2.16. The van der Waals surface area contributed by atoms with Crippen LogP contribution < -0.4 is 11.1 Å². The van der Waals surface area contributed by atoms with Crippen LogP contribution in [0.2, 0.25) is 0 Å². The molecule has 3 heterocycles. The number of nitrogen functional groups attached to an aromatic ring is 1. The van der Waals surface area contributed by atoms with E-state index >= 15 is 0 Å². The number of anilines is 2. The number of nitrogens with two attached hydrogens (primary N) is 1. The normalized spacial score (nSPS) is 10.7. The van der Waals surface area contributed by atoms with E-state index in [0.717, 1.165) is 5.56 Å². The first-order valence-corrected chi connectivity index (χ1v) is 8.20. The van der Waals surface area contributed by atoms with E-state index in [1.54, 1.807) is 61.1 Å². The number of nitrogens with zero attached hydrogens (tertiary/aromatic N) is 2. The Hall–Kier alpha value is -4.07. The Bertz CT molecular complexity index is 1090. The van der Waals surface area contributed by atoms with Gasteiger partial charge in [0.05, 0.1) is 5.69 Å². The molecule has 0 aliphatic rings. The van der Waals surface area contributed by atoms with Crippen molar-refractivity contribution in [3.63, 3.8) is 0 Å². The zero-order valence-corrected chi connectivity index (χ0v) is 14.1. The summed E-state index contributed by atoms with van der Waals surface area (Å²) in [6.45, 7) is 0. The van der Waals surface area contributed by atoms with E-state index < -0.39 is 0 Å². The van der Waals surface area contributed by atoms with Crippen LogP contribution in [0.4, 0.5) is 11.6 Å². The molecular weight excluding hydrogens is 344 g/mol. The van der Waals surface area contributed by atoms with E-state index in [2.05, 4.69) is 20.3 Å². The first-order valence-electron chi connectivity index (χ1n) is 8.20. The summed E-state index contributed by atoms with van der Waals surface area (Å²) in [7, 11) is 0. The topological polar surface area (TPSA) is 122 Å². The first-order chi connectivity index (χ1) is 13.1. The van der Waals surface area contributed by atoms with Crippen molar-refractivity contribution in [1.82, 2.24) is 19.5 Å². The third-order valence-corrected chi connectivity index (χ3v) is 4.04. The summed E-state index contributed by atoms with van der Waals surface area (Å²) in [6, 6.07) is 14.0. The highest BCUT2D eigenvalue weighted by molar-refractivity contribution is 6.03. The SMILES string of the molecule is Nc1nc(-c2cccc(NC(=O)c3ccc[nH]3)c2)cn1C(=O)c1ccc[nH]1.